The summed E-state index contributed by atoms with van der Waals surface area (Å²) in [4.78, 5) is 3.44. The second-order valence-electron chi connectivity index (χ2n) is 6.51. The predicted molar refractivity (Wildman–Crippen MR) is 105 cm³/mol. The van der Waals surface area contributed by atoms with E-state index in [4.69, 9.17) is 5.73 Å². The molecule has 1 aromatic heterocycles. The van der Waals surface area contributed by atoms with Gasteiger partial charge in [0.2, 0.25) is 0 Å². The highest BCUT2D eigenvalue weighted by Crippen LogP contribution is 2.38. The molecule has 3 N–H and O–H groups in total. The van der Waals surface area contributed by atoms with Crippen molar-refractivity contribution in [2.45, 2.75) is 13.8 Å². The first-order chi connectivity index (χ1) is 12.5. The normalized spacial score (nSPS) is 10.8. The highest BCUT2D eigenvalue weighted by molar-refractivity contribution is 6.11. The van der Waals surface area contributed by atoms with Crippen LogP contribution in [0, 0.1) is 36.5 Å². The van der Waals surface area contributed by atoms with Crippen LogP contribution in [0.15, 0.2) is 42.5 Å². The largest absolute Gasteiger partial charge is 0.398 e. The summed E-state index contributed by atoms with van der Waals surface area (Å²) < 4.78 is 0. The van der Waals surface area contributed by atoms with Gasteiger partial charge in [0.1, 0.15) is 0 Å². The van der Waals surface area contributed by atoms with Crippen molar-refractivity contribution in [2.75, 3.05) is 5.73 Å². The molecular formula is C22H16N4. The highest BCUT2D eigenvalue weighted by atomic mass is 14.7. The van der Waals surface area contributed by atoms with E-state index >= 15 is 0 Å². The van der Waals surface area contributed by atoms with Crippen LogP contribution in [0.3, 0.4) is 0 Å². The third kappa shape index (κ3) is 2.21. The number of fused-ring (bicyclic) bond motifs is 3. The number of aromatic amines is 1. The van der Waals surface area contributed by atoms with E-state index in [9.17, 15) is 10.5 Å². The molecule has 4 aromatic rings. The van der Waals surface area contributed by atoms with Gasteiger partial charge in [0.15, 0.2) is 0 Å². The predicted octanol–water partition coefficient (Wildman–Crippen LogP) is 4.93. The van der Waals surface area contributed by atoms with Crippen LogP contribution in [0.5, 0.6) is 0 Å². The number of nitrogens with zero attached hydrogens (tertiary/aromatic N) is 2. The quantitative estimate of drug-likeness (QED) is 0.483. The topological polar surface area (TPSA) is 89.4 Å². The maximum atomic E-state index is 9.22. The van der Waals surface area contributed by atoms with Gasteiger partial charge in [0.05, 0.1) is 23.3 Å². The van der Waals surface area contributed by atoms with Gasteiger partial charge in [-0.15, -0.1) is 0 Å². The number of anilines is 1. The molecule has 0 fully saturated rings. The molecule has 0 atom stereocenters. The molecule has 26 heavy (non-hydrogen) atoms. The van der Waals surface area contributed by atoms with Crippen LogP contribution in [-0.2, 0) is 0 Å². The van der Waals surface area contributed by atoms with E-state index in [0.29, 0.717) is 16.8 Å². The fourth-order valence-electron chi connectivity index (χ4n) is 3.58. The van der Waals surface area contributed by atoms with Crippen molar-refractivity contribution in [1.29, 1.82) is 10.5 Å². The van der Waals surface area contributed by atoms with Crippen LogP contribution in [0.1, 0.15) is 22.3 Å². The highest BCUT2D eigenvalue weighted by Gasteiger charge is 2.15. The van der Waals surface area contributed by atoms with E-state index in [1.165, 1.54) is 0 Å². The van der Waals surface area contributed by atoms with E-state index in [1.54, 1.807) is 12.1 Å². The second-order valence-corrected chi connectivity index (χ2v) is 6.51. The molecule has 0 aliphatic heterocycles. The lowest BCUT2D eigenvalue weighted by molar-refractivity contribution is 1.37. The van der Waals surface area contributed by atoms with E-state index < -0.39 is 0 Å². The summed E-state index contributed by atoms with van der Waals surface area (Å²) in [7, 11) is 0. The van der Waals surface area contributed by atoms with Crippen LogP contribution in [-0.4, -0.2) is 4.98 Å². The van der Waals surface area contributed by atoms with Crippen molar-refractivity contribution >= 4 is 27.5 Å². The Hall–Kier alpha value is -3.76. The molecule has 0 radical (unpaired) electrons. The number of hydrogen-bond acceptors (Lipinski definition) is 3. The number of aryl methyl sites for hydroxylation is 1. The summed E-state index contributed by atoms with van der Waals surface area (Å²) in [5.41, 5.74) is 14.2. The van der Waals surface area contributed by atoms with Crippen LogP contribution >= 0.6 is 0 Å². The van der Waals surface area contributed by atoms with E-state index in [2.05, 4.69) is 37.0 Å². The van der Waals surface area contributed by atoms with Gasteiger partial charge in [0, 0.05) is 33.1 Å². The number of nitrogens with two attached hydrogens (primary N) is 1. The van der Waals surface area contributed by atoms with Gasteiger partial charge < -0.3 is 10.7 Å². The SMILES string of the molecule is Cc1c(-c2cc(C#N)ccc2N)cc2[nH]c3ccc(C#N)cc3c2c1C. The standard InChI is InChI=1S/C22H16N4/c1-12-13(2)22-18-8-15(11-24)4-6-20(18)26-21(22)9-16(12)17-7-14(10-23)3-5-19(17)25/h3-9,26H,25H2,1-2H3. The molecule has 0 amide bonds. The van der Waals surface area contributed by atoms with Crippen molar-refractivity contribution in [1.82, 2.24) is 4.98 Å². The molecule has 4 nitrogen and oxygen atoms in total. The fraction of sp³-hybridized carbons (Fsp3) is 0.0909. The average molecular weight is 336 g/mol. The first kappa shape index (κ1) is 15.7. The molecule has 0 spiro atoms. The lowest BCUT2D eigenvalue weighted by atomic mass is 9.92. The van der Waals surface area contributed by atoms with Crippen LogP contribution in [0.2, 0.25) is 0 Å². The zero-order valence-electron chi connectivity index (χ0n) is 14.5. The number of hydrogen-bond donors (Lipinski definition) is 2. The minimum absolute atomic E-state index is 0.585. The van der Waals surface area contributed by atoms with Crippen molar-refractivity contribution in [2.24, 2.45) is 0 Å². The number of nitrogens with one attached hydrogen (secondary N) is 1. The van der Waals surface area contributed by atoms with E-state index in [-0.39, 0.29) is 0 Å². The second kappa shape index (κ2) is 5.65. The Kier molecular flexibility index (Phi) is 3.42. The number of rotatable bonds is 1. The first-order valence-corrected chi connectivity index (χ1v) is 8.29. The number of H-pyrrole nitrogens is 1. The summed E-state index contributed by atoms with van der Waals surface area (Å²) in [5, 5.41) is 20.6. The van der Waals surface area contributed by atoms with Crippen molar-refractivity contribution in [3.8, 4) is 23.3 Å². The molecule has 4 rings (SSSR count). The Labute approximate surface area is 151 Å². The Morgan fingerprint density at radius 2 is 1.50 bits per heavy atom. The summed E-state index contributed by atoms with van der Waals surface area (Å²) >= 11 is 0. The summed E-state index contributed by atoms with van der Waals surface area (Å²) in [6.07, 6.45) is 0. The smallest absolute Gasteiger partial charge is 0.0991 e. The maximum absolute atomic E-state index is 9.22. The first-order valence-electron chi connectivity index (χ1n) is 8.29. The molecule has 3 aromatic carbocycles. The van der Waals surface area contributed by atoms with E-state index in [0.717, 1.165) is 44.1 Å². The number of aromatic nitrogens is 1. The summed E-state index contributed by atoms with van der Waals surface area (Å²) in [5.74, 6) is 0. The van der Waals surface area contributed by atoms with Gasteiger partial charge in [-0.2, -0.15) is 10.5 Å². The zero-order valence-corrected chi connectivity index (χ0v) is 14.5. The average Bonchev–Trinajstić information content (AvgIpc) is 3.02. The Bertz CT molecular complexity index is 1280. The minimum Gasteiger partial charge on any atom is -0.398 e. The molecule has 0 bridgehead atoms. The third-order valence-electron chi connectivity index (χ3n) is 5.06. The lowest BCUT2D eigenvalue weighted by Crippen LogP contribution is -1.95. The molecule has 0 saturated carbocycles. The van der Waals surface area contributed by atoms with Gasteiger partial charge in [-0.05, 0) is 73.0 Å². The van der Waals surface area contributed by atoms with Gasteiger partial charge >= 0.3 is 0 Å². The summed E-state index contributed by atoms with van der Waals surface area (Å²) in [6, 6.07) is 17.5. The zero-order chi connectivity index (χ0) is 18.4. The number of nitriles is 2. The molecule has 124 valence electrons. The number of benzene rings is 3. The van der Waals surface area contributed by atoms with Gasteiger partial charge in [-0.25, -0.2) is 0 Å². The molecular weight excluding hydrogens is 320 g/mol. The lowest BCUT2D eigenvalue weighted by Gasteiger charge is -2.13. The molecule has 0 saturated heterocycles. The van der Waals surface area contributed by atoms with Crippen LogP contribution in [0.25, 0.3) is 32.9 Å². The van der Waals surface area contributed by atoms with Crippen LogP contribution in [0.4, 0.5) is 5.69 Å². The third-order valence-corrected chi connectivity index (χ3v) is 5.06. The Morgan fingerprint density at radius 3 is 2.23 bits per heavy atom. The van der Waals surface area contributed by atoms with Crippen molar-refractivity contribution < 1.29 is 0 Å². The fourth-order valence-corrected chi connectivity index (χ4v) is 3.58. The molecule has 4 heteroatoms. The van der Waals surface area contributed by atoms with Gasteiger partial charge in [-0.3, -0.25) is 0 Å². The van der Waals surface area contributed by atoms with Crippen molar-refractivity contribution in [3.63, 3.8) is 0 Å². The maximum Gasteiger partial charge on any atom is 0.0991 e. The Morgan fingerprint density at radius 1 is 0.808 bits per heavy atom. The summed E-state index contributed by atoms with van der Waals surface area (Å²) in [6.45, 7) is 4.15. The molecule has 0 aliphatic rings. The molecule has 1 heterocycles. The molecule has 0 aliphatic carbocycles. The van der Waals surface area contributed by atoms with Crippen molar-refractivity contribution in [3.05, 3.63) is 64.7 Å². The van der Waals surface area contributed by atoms with Gasteiger partial charge in [0.25, 0.3) is 0 Å². The van der Waals surface area contributed by atoms with E-state index in [1.807, 2.05) is 24.3 Å². The van der Waals surface area contributed by atoms with Gasteiger partial charge in [-0.1, -0.05) is 0 Å². The minimum atomic E-state index is 0.585. The molecule has 0 unspecified atom stereocenters. The monoisotopic (exact) mass is 336 g/mol. The van der Waals surface area contributed by atoms with Crippen LogP contribution < -0.4 is 5.73 Å². The Balaban J connectivity index is 2.08. The number of nitrogen functional groups attached to an aromatic ring is 1.